The highest BCUT2D eigenvalue weighted by atomic mass is 16.5. The minimum Gasteiger partial charge on any atom is -0.493 e. The average molecular weight is 413 g/mol. The molecule has 6 heteroatoms. The summed E-state index contributed by atoms with van der Waals surface area (Å²) in [7, 11) is 0. The Bertz CT molecular complexity index is 834. The smallest absolute Gasteiger partial charge is 0.306 e. The van der Waals surface area contributed by atoms with Crippen molar-refractivity contribution in [3.8, 4) is 5.75 Å². The molecule has 0 aliphatic heterocycles. The molecule has 1 amide bonds. The highest BCUT2D eigenvalue weighted by molar-refractivity contribution is 5.93. The van der Waals surface area contributed by atoms with Gasteiger partial charge in [-0.3, -0.25) is 15.0 Å². The SMILES string of the molecule is CCCCCCc1ccc(N(Nc2ccc(C)c(OCCC(=O)O)c2)C(C)=O)cc1. The van der Waals surface area contributed by atoms with Crippen LogP contribution in [0.5, 0.6) is 5.75 Å². The summed E-state index contributed by atoms with van der Waals surface area (Å²) in [5, 5.41) is 10.3. The minimum atomic E-state index is -0.904. The first-order chi connectivity index (χ1) is 14.4. The lowest BCUT2D eigenvalue weighted by Crippen LogP contribution is -2.34. The predicted molar refractivity (Wildman–Crippen MR) is 120 cm³/mol. The number of anilines is 2. The van der Waals surface area contributed by atoms with Gasteiger partial charge in [-0.15, -0.1) is 0 Å². The number of benzene rings is 2. The molecule has 0 heterocycles. The maximum atomic E-state index is 12.2. The van der Waals surface area contributed by atoms with Crippen molar-refractivity contribution in [2.45, 2.75) is 59.3 Å². The van der Waals surface area contributed by atoms with E-state index in [1.54, 1.807) is 6.07 Å². The second-order valence-corrected chi connectivity index (χ2v) is 7.42. The molecule has 0 bridgehead atoms. The number of carboxylic acids is 1. The van der Waals surface area contributed by atoms with E-state index in [1.807, 2.05) is 31.2 Å². The largest absolute Gasteiger partial charge is 0.493 e. The fourth-order valence-electron chi connectivity index (χ4n) is 3.10. The second kappa shape index (κ2) is 11.9. The van der Waals surface area contributed by atoms with Gasteiger partial charge in [0.2, 0.25) is 5.91 Å². The van der Waals surface area contributed by atoms with Crippen LogP contribution in [-0.2, 0) is 16.0 Å². The van der Waals surface area contributed by atoms with Crippen LogP contribution in [0.3, 0.4) is 0 Å². The van der Waals surface area contributed by atoms with Gasteiger partial charge in [-0.1, -0.05) is 44.4 Å². The Labute approximate surface area is 178 Å². The van der Waals surface area contributed by atoms with Gasteiger partial charge in [0.15, 0.2) is 0 Å². The molecule has 0 aliphatic carbocycles. The van der Waals surface area contributed by atoms with E-state index in [9.17, 15) is 9.59 Å². The molecule has 0 fully saturated rings. The number of hydrazine groups is 1. The van der Waals surface area contributed by atoms with Gasteiger partial charge < -0.3 is 9.84 Å². The molecule has 2 aromatic rings. The predicted octanol–water partition coefficient (Wildman–Crippen LogP) is 5.35. The van der Waals surface area contributed by atoms with Gasteiger partial charge in [-0.05, 0) is 49.1 Å². The topological polar surface area (TPSA) is 78.9 Å². The van der Waals surface area contributed by atoms with E-state index in [1.165, 1.54) is 43.2 Å². The molecule has 6 nitrogen and oxygen atoms in total. The third-order valence-corrected chi connectivity index (χ3v) is 4.83. The summed E-state index contributed by atoms with van der Waals surface area (Å²) in [5.74, 6) is -0.453. The van der Waals surface area contributed by atoms with Gasteiger partial charge >= 0.3 is 5.97 Å². The molecule has 162 valence electrons. The molecule has 2 rings (SSSR count). The number of nitrogens with zero attached hydrogens (tertiary/aromatic N) is 1. The van der Waals surface area contributed by atoms with Gasteiger partial charge in [-0.25, -0.2) is 5.01 Å². The number of nitrogens with one attached hydrogen (secondary N) is 1. The molecule has 0 radical (unpaired) electrons. The normalized spacial score (nSPS) is 10.5. The number of hydrogen-bond acceptors (Lipinski definition) is 4. The van der Waals surface area contributed by atoms with E-state index in [0.717, 1.165) is 17.7 Å². The maximum Gasteiger partial charge on any atom is 0.306 e. The van der Waals surface area contributed by atoms with E-state index in [4.69, 9.17) is 9.84 Å². The second-order valence-electron chi connectivity index (χ2n) is 7.42. The average Bonchev–Trinajstić information content (AvgIpc) is 2.71. The summed E-state index contributed by atoms with van der Waals surface area (Å²) < 4.78 is 5.58. The number of carbonyl (C=O) groups excluding carboxylic acids is 1. The zero-order valence-electron chi connectivity index (χ0n) is 18.1. The summed E-state index contributed by atoms with van der Waals surface area (Å²) in [5.41, 5.74) is 6.73. The standard InChI is InChI=1S/C24H32N2O4/c1-4-5-6-7-8-20-10-13-22(14-11-20)26(19(3)27)25-21-12-9-18(2)23(17-21)30-16-15-24(28)29/h9-14,17,25H,4-8,15-16H2,1-3H3,(H,28,29). The van der Waals surface area contributed by atoms with Crippen LogP contribution in [0.25, 0.3) is 0 Å². The zero-order valence-corrected chi connectivity index (χ0v) is 18.1. The molecule has 0 spiro atoms. The van der Waals surface area contributed by atoms with Crippen LogP contribution in [0.4, 0.5) is 11.4 Å². The highest BCUT2D eigenvalue weighted by Gasteiger charge is 2.13. The quantitative estimate of drug-likeness (QED) is 0.363. The number of amides is 1. The molecular weight excluding hydrogens is 380 g/mol. The molecule has 0 aromatic heterocycles. The summed E-state index contributed by atoms with van der Waals surface area (Å²) in [6, 6.07) is 13.5. The molecule has 0 unspecified atom stereocenters. The summed E-state index contributed by atoms with van der Waals surface area (Å²) in [4.78, 5) is 22.9. The highest BCUT2D eigenvalue weighted by Crippen LogP contribution is 2.25. The van der Waals surface area contributed by atoms with Crippen molar-refractivity contribution in [1.29, 1.82) is 0 Å². The van der Waals surface area contributed by atoms with Crippen molar-refractivity contribution in [3.63, 3.8) is 0 Å². The number of unbranched alkanes of at least 4 members (excludes halogenated alkanes) is 3. The van der Waals surface area contributed by atoms with E-state index in [0.29, 0.717) is 11.4 Å². The zero-order chi connectivity index (χ0) is 21.9. The van der Waals surface area contributed by atoms with Gasteiger partial charge in [0.25, 0.3) is 0 Å². The number of aryl methyl sites for hydroxylation is 2. The van der Waals surface area contributed by atoms with Crippen LogP contribution in [-0.4, -0.2) is 23.6 Å². The number of hydrogen-bond donors (Lipinski definition) is 2. The number of rotatable bonds is 12. The van der Waals surface area contributed by atoms with Crippen LogP contribution in [0.1, 0.15) is 57.1 Å². The molecule has 0 saturated heterocycles. The molecule has 2 aromatic carbocycles. The van der Waals surface area contributed by atoms with Gasteiger partial charge in [-0.2, -0.15) is 0 Å². The summed E-state index contributed by atoms with van der Waals surface area (Å²) >= 11 is 0. The Morgan fingerprint density at radius 2 is 1.80 bits per heavy atom. The van der Waals surface area contributed by atoms with Gasteiger partial charge in [0, 0.05) is 13.0 Å². The van der Waals surface area contributed by atoms with Crippen molar-refractivity contribution in [1.82, 2.24) is 0 Å². The Morgan fingerprint density at radius 3 is 2.43 bits per heavy atom. The Kier molecular flexibility index (Phi) is 9.19. The van der Waals surface area contributed by atoms with Crippen LogP contribution >= 0.6 is 0 Å². The third-order valence-electron chi connectivity index (χ3n) is 4.83. The monoisotopic (exact) mass is 412 g/mol. The third kappa shape index (κ3) is 7.43. The van der Waals surface area contributed by atoms with Crippen molar-refractivity contribution < 1.29 is 19.4 Å². The van der Waals surface area contributed by atoms with Crippen LogP contribution < -0.4 is 15.2 Å². The molecule has 0 saturated carbocycles. The first-order valence-corrected chi connectivity index (χ1v) is 10.5. The fourth-order valence-corrected chi connectivity index (χ4v) is 3.10. The molecule has 0 aliphatic rings. The molecule has 0 atom stereocenters. The van der Waals surface area contributed by atoms with Crippen molar-refractivity contribution in [2.24, 2.45) is 0 Å². The van der Waals surface area contributed by atoms with E-state index < -0.39 is 5.97 Å². The summed E-state index contributed by atoms with van der Waals surface area (Å²) in [6.07, 6.45) is 5.88. The lowest BCUT2D eigenvalue weighted by Gasteiger charge is -2.24. The Morgan fingerprint density at radius 1 is 1.07 bits per heavy atom. The summed E-state index contributed by atoms with van der Waals surface area (Å²) in [6.45, 7) is 5.69. The van der Waals surface area contributed by atoms with Crippen molar-refractivity contribution in [3.05, 3.63) is 53.6 Å². The number of ether oxygens (including phenoxy) is 1. The first-order valence-electron chi connectivity index (χ1n) is 10.5. The van der Waals surface area contributed by atoms with Gasteiger partial charge in [0.1, 0.15) is 5.75 Å². The number of carboxylic acid groups (broad SMARTS) is 1. The first kappa shape index (κ1) is 23.3. The Balaban J connectivity index is 2.06. The van der Waals surface area contributed by atoms with E-state index in [-0.39, 0.29) is 18.9 Å². The Hall–Kier alpha value is -3.02. The molecule has 30 heavy (non-hydrogen) atoms. The lowest BCUT2D eigenvalue weighted by molar-refractivity contribution is -0.137. The van der Waals surface area contributed by atoms with Crippen LogP contribution in [0, 0.1) is 6.92 Å². The fraction of sp³-hybridized carbons (Fsp3) is 0.417. The van der Waals surface area contributed by atoms with E-state index >= 15 is 0 Å². The van der Waals surface area contributed by atoms with Gasteiger partial charge in [0.05, 0.1) is 24.4 Å². The maximum absolute atomic E-state index is 12.2. The molecule has 2 N–H and O–H groups in total. The van der Waals surface area contributed by atoms with Crippen LogP contribution in [0.15, 0.2) is 42.5 Å². The lowest BCUT2D eigenvalue weighted by atomic mass is 10.1. The van der Waals surface area contributed by atoms with Crippen LogP contribution in [0.2, 0.25) is 0 Å². The van der Waals surface area contributed by atoms with Crippen molar-refractivity contribution >= 4 is 23.3 Å². The molecular formula is C24H32N2O4. The number of aliphatic carboxylic acids is 1. The van der Waals surface area contributed by atoms with E-state index in [2.05, 4.69) is 24.5 Å². The van der Waals surface area contributed by atoms with Crippen molar-refractivity contribution in [2.75, 3.05) is 17.0 Å². The number of carbonyl (C=O) groups is 2. The minimum absolute atomic E-state index is 0.0680.